The number of aromatic nitrogens is 1. The van der Waals surface area contributed by atoms with E-state index in [1.54, 1.807) is 0 Å². The number of carbonyl (C=O) groups excluding carboxylic acids is 7. The van der Waals surface area contributed by atoms with Crippen LogP contribution in [0.2, 0.25) is 0 Å². The van der Waals surface area contributed by atoms with E-state index in [0.29, 0.717) is 0 Å². The number of hydrogen-bond acceptors (Lipinski definition) is 18. The highest BCUT2D eigenvalue weighted by molar-refractivity contribution is 5.90. The molecule has 296 valence electrons. The Labute approximate surface area is 310 Å². The van der Waals surface area contributed by atoms with Gasteiger partial charge in [-0.1, -0.05) is 6.92 Å². The maximum Gasteiger partial charge on any atom is 0.340 e. The van der Waals surface area contributed by atoms with Gasteiger partial charge in [0.2, 0.25) is 0 Å². The van der Waals surface area contributed by atoms with Crippen molar-refractivity contribution in [2.45, 2.75) is 122 Å². The molecule has 12 atom stereocenters. The lowest BCUT2D eigenvalue weighted by Crippen LogP contribution is -2.89. The molecule has 1 saturated heterocycles. The predicted molar refractivity (Wildman–Crippen MR) is 176 cm³/mol. The normalized spacial score (nSPS) is 38.6. The predicted octanol–water partition coefficient (Wildman–Crippen LogP) is 0.292. The Morgan fingerprint density at radius 3 is 2.07 bits per heavy atom. The lowest BCUT2D eigenvalue weighted by molar-refractivity contribution is -0.386. The first-order valence-electron chi connectivity index (χ1n) is 17.4. The molecule has 18 heteroatoms. The van der Waals surface area contributed by atoms with Crippen LogP contribution in [0, 0.1) is 17.3 Å². The van der Waals surface area contributed by atoms with Crippen molar-refractivity contribution in [2.24, 2.45) is 17.3 Å². The van der Waals surface area contributed by atoms with Crippen LogP contribution in [0.4, 0.5) is 0 Å². The third-order valence-corrected chi connectivity index (χ3v) is 10.9. The second-order valence-electron chi connectivity index (χ2n) is 14.7. The van der Waals surface area contributed by atoms with Crippen molar-refractivity contribution < 1.29 is 81.7 Å². The first-order chi connectivity index (χ1) is 25.1. The second kappa shape index (κ2) is 14.5. The molecule has 2 aliphatic carbocycles. The fourth-order valence-electron chi connectivity index (χ4n) is 8.87. The van der Waals surface area contributed by atoms with Gasteiger partial charge in [0.1, 0.15) is 54.2 Å². The van der Waals surface area contributed by atoms with E-state index in [1.807, 2.05) is 0 Å². The van der Waals surface area contributed by atoms with Gasteiger partial charge in [0, 0.05) is 40.8 Å². The topological polar surface area (TPSA) is 247 Å². The van der Waals surface area contributed by atoms with Crippen LogP contribution >= 0.6 is 0 Å². The fourth-order valence-corrected chi connectivity index (χ4v) is 8.87. The number of ether oxygens (including phenoxy) is 8. The zero-order valence-corrected chi connectivity index (χ0v) is 31.1. The summed E-state index contributed by atoms with van der Waals surface area (Å²) in [5, 5.41) is 25.4. The molecule has 54 heavy (non-hydrogen) atoms. The van der Waals surface area contributed by atoms with E-state index in [4.69, 9.17) is 37.9 Å². The molecule has 4 bridgehead atoms. The number of carbonyl (C=O) groups is 7. The average Bonchev–Trinajstić information content (AvgIpc) is 3.29. The molecule has 0 aromatic carbocycles. The molecule has 0 unspecified atom stereocenters. The van der Waals surface area contributed by atoms with Crippen molar-refractivity contribution in [1.29, 1.82) is 0 Å². The number of hydrogen-bond donors (Lipinski definition) is 2. The van der Waals surface area contributed by atoms with Crippen molar-refractivity contribution in [3.05, 3.63) is 29.6 Å². The van der Waals surface area contributed by atoms with Gasteiger partial charge in [0.25, 0.3) is 0 Å². The van der Waals surface area contributed by atoms with Gasteiger partial charge >= 0.3 is 41.8 Å². The summed E-state index contributed by atoms with van der Waals surface area (Å²) in [4.78, 5) is 96.6. The van der Waals surface area contributed by atoms with E-state index >= 15 is 0 Å². The monoisotopic (exact) mass is 763 g/mol. The molecular weight excluding hydrogens is 718 g/mol. The maximum absolute atomic E-state index is 13.9. The van der Waals surface area contributed by atoms with Crippen LogP contribution < -0.4 is 0 Å². The second-order valence-corrected chi connectivity index (χ2v) is 14.7. The van der Waals surface area contributed by atoms with E-state index in [1.165, 1.54) is 32.2 Å². The Hall–Kier alpha value is -4.68. The molecule has 1 spiro atoms. The van der Waals surface area contributed by atoms with Crippen LogP contribution in [0.1, 0.15) is 77.9 Å². The van der Waals surface area contributed by atoms with Gasteiger partial charge in [-0.25, -0.2) is 4.79 Å². The molecule has 18 nitrogen and oxygen atoms in total. The third kappa shape index (κ3) is 6.46. The van der Waals surface area contributed by atoms with Crippen LogP contribution in [0.25, 0.3) is 0 Å². The highest BCUT2D eigenvalue weighted by Gasteiger charge is 2.91. The summed E-state index contributed by atoms with van der Waals surface area (Å²) < 4.78 is 47.7. The number of pyridine rings is 1. The lowest BCUT2D eigenvalue weighted by atomic mass is 9.45. The maximum atomic E-state index is 13.9. The number of aryl methyl sites for hydroxylation is 1. The van der Waals surface area contributed by atoms with Crippen LogP contribution in [-0.4, -0.2) is 124 Å². The largest absolute Gasteiger partial charge is 0.465 e. The highest BCUT2D eigenvalue weighted by Crippen LogP contribution is 2.70. The minimum absolute atomic E-state index is 0.0434. The number of fused-ring (bicyclic) bond motifs is 5. The number of rotatable bonds is 6. The molecule has 2 saturated carbocycles. The highest BCUT2D eigenvalue weighted by atomic mass is 16.7. The molecule has 1 aromatic heterocycles. The Morgan fingerprint density at radius 2 is 1.48 bits per heavy atom. The molecule has 1 aromatic rings. The minimum atomic E-state index is -2.76. The van der Waals surface area contributed by atoms with Gasteiger partial charge in [0.15, 0.2) is 17.8 Å². The summed E-state index contributed by atoms with van der Waals surface area (Å²) >= 11 is 0. The summed E-state index contributed by atoms with van der Waals surface area (Å²) in [6.45, 7) is 7.26. The molecular formula is C36H45NO17. The smallest absolute Gasteiger partial charge is 0.340 e. The van der Waals surface area contributed by atoms with Gasteiger partial charge < -0.3 is 48.1 Å². The van der Waals surface area contributed by atoms with E-state index in [2.05, 4.69) is 4.98 Å². The van der Waals surface area contributed by atoms with Gasteiger partial charge in [-0.15, -0.1) is 0 Å². The summed E-state index contributed by atoms with van der Waals surface area (Å²) in [5.41, 5.74) is -9.68. The first kappa shape index (κ1) is 40.5. The van der Waals surface area contributed by atoms with Crippen molar-refractivity contribution in [2.75, 3.05) is 13.2 Å². The quantitative estimate of drug-likeness (QED) is 0.292. The summed E-state index contributed by atoms with van der Waals surface area (Å²) in [7, 11) is 0. The molecule has 0 radical (unpaired) electrons. The number of esters is 7. The number of nitrogens with zero attached hydrogens (tertiary/aromatic N) is 1. The van der Waals surface area contributed by atoms with Crippen LogP contribution in [0.3, 0.4) is 0 Å². The zero-order valence-electron chi connectivity index (χ0n) is 31.1. The number of aliphatic hydroxyl groups excluding tert-OH is 1. The molecule has 2 N–H and O–H groups in total. The van der Waals surface area contributed by atoms with Crippen molar-refractivity contribution in [3.8, 4) is 0 Å². The van der Waals surface area contributed by atoms with Crippen LogP contribution in [0.15, 0.2) is 18.3 Å². The van der Waals surface area contributed by atoms with E-state index in [9.17, 15) is 43.8 Å². The molecule has 4 aliphatic rings. The zero-order chi connectivity index (χ0) is 40.1. The summed E-state index contributed by atoms with van der Waals surface area (Å²) in [6.07, 6.45) is -10.3. The Kier molecular flexibility index (Phi) is 10.9. The molecule has 3 heterocycles. The number of cyclic esters (lactones) is 1. The summed E-state index contributed by atoms with van der Waals surface area (Å²) in [6, 6.07) is 2.96. The number of aliphatic hydroxyl groups is 2. The van der Waals surface area contributed by atoms with Gasteiger partial charge in [-0.3, -0.25) is 33.8 Å². The van der Waals surface area contributed by atoms with E-state index in [0.717, 1.165) is 41.5 Å². The van der Waals surface area contributed by atoms with Crippen molar-refractivity contribution >= 4 is 41.8 Å². The van der Waals surface area contributed by atoms with Crippen molar-refractivity contribution in [3.63, 3.8) is 0 Å². The fraction of sp³-hybridized carbons (Fsp3) is 0.667. The van der Waals surface area contributed by atoms with E-state index in [-0.39, 0.29) is 24.1 Å². The minimum Gasteiger partial charge on any atom is -0.465 e. The Bertz CT molecular complexity index is 1730. The van der Waals surface area contributed by atoms with Crippen LogP contribution in [0.5, 0.6) is 0 Å². The van der Waals surface area contributed by atoms with Crippen LogP contribution in [-0.2, 0) is 73.1 Å². The average molecular weight is 764 g/mol. The van der Waals surface area contributed by atoms with Gasteiger partial charge in [0.05, 0.1) is 23.1 Å². The van der Waals surface area contributed by atoms with Crippen molar-refractivity contribution in [1.82, 2.24) is 4.98 Å². The van der Waals surface area contributed by atoms with Gasteiger partial charge in [-0.2, -0.15) is 0 Å². The molecule has 3 fully saturated rings. The van der Waals surface area contributed by atoms with E-state index < -0.39 is 126 Å². The SMILES string of the molecule is CC(=O)OC[C@@]12[C@H](OC(C)=O)[C@H](OC(C)=O)[C@@H]3[C@@H](OC(C)=O)[C@@]14O[C@]3(C)COC(=O)c1cccnc1CC[C@H](C)C(=O)O[C@H]([C@H](O)[C@@H]2OC(C)=O)[C@]4(C)O. The molecule has 0 amide bonds. The standard InChI is InChI=1S/C36H45NO17/c1-16-11-12-23-22(10-9-13-37-23)32(45)48-14-33(7)24-26(49-18(3)39)30(52-21(6)42)35(15-47-17(2)38)29(51-20(5)41)25(43)28(53-31(16)44)34(8,46)36(35,54-33)27(24)50-19(4)40/h9-10,13,16,24-30,43,46H,11-12,14-15H2,1-8H3/t16-,24+,25-,26+,27+,28+,29-,30+,33+,34-,35+,36-/m0/s1. The summed E-state index contributed by atoms with van der Waals surface area (Å²) in [5.74, 6) is -9.27. The molecule has 2 aliphatic heterocycles. The Balaban J connectivity index is 1.94. The first-order valence-corrected chi connectivity index (χ1v) is 17.4. The molecule has 5 rings (SSSR count). The lowest BCUT2D eigenvalue weighted by Gasteiger charge is -2.67. The Morgan fingerprint density at radius 1 is 0.889 bits per heavy atom. The van der Waals surface area contributed by atoms with Gasteiger partial charge in [-0.05, 0) is 38.8 Å². The third-order valence-electron chi connectivity index (χ3n) is 10.9.